The zero-order chi connectivity index (χ0) is 15.0. The van der Waals surface area contributed by atoms with E-state index in [1.165, 1.54) is 22.3 Å². The van der Waals surface area contributed by atoms with Gasteiger partial charge >= 0.3 is 0 Å². The summed E-state index contributed by atoms with van der Waals surface area (Å²) in [5.41, 5.74) is 5.79. The maximum absolute atomic E-state index is 2.31. The Hall–Kier alpha value is -1.64. The van der Waals surface area contributed by atoms with E-state index in [0.717, 1.165) is 13.1 Å². The van der Waals surface area contributed by atoms with E-state index in [9.17, 15) is 0 Å². The topological polar surface area (TPSA) is 6.48 Å². The van der Waals surface area contributed by atoms with E-state index in [2.05, 4.69) is 86.5 Å². The van der Waals surface area contributed by atoms with Crippen molar-refractivity contribution in [1.29, 1.82) is 0 Å². The standard InChI is InChI=1S/C19H24N2/c1-20(2)13-19(14-21(3)4)17-11-7-5-9-15(17)16-10-6-8-12-18(16)19/h5-12H,13-14H2,1-4H3. The van der Waals surface area contributed by atoms with Gasteiger partial charge in [0, 0.05) is 18.5 Å². The van der Waals surface area contributed by atoms with Crippen LogP contribution in [0.5, 0.6) is 0 Å². The van der Waals surface area contributed by atoms with Gasteiger partial charge in [-0.3, -0.25) is 0 Å². The molecule has 1 aliphatic carbocycles. The molecule has 0 N–H and O–H groups in total. The first kappa shape index (κ1) is 14.3. The van der Waals surface area contributed by atoms with Gasteiger partial charge in [-0.15, -0.1) is 0 Å². The molecule has 0 saturated carbocycles. The van der Waals surface area contributed by atoms with Gasteiger partial charge in [-0.2, -0.15) is 0 Å². The summed E-state index contributed by atoms with van der Waals surface area (Å²) in [7, 11) is 8.67. The third-order valence-corrected chi connectivity index (χ3v) is 4.35. The van der Waals surface area contributed by atoms with Crippen molar-refractivity contribution in [3.05, 3.63) is 59.7 Å². The van der Waals surface area contributed by atoms with Crippen LogP contribution in [0.2, 0.25) is 0 Å². The molecule has 0 unspecified atom stereocenters. The molecule has 1 aliphatic rings. The normalized spacial score (nSPS) is 15.3. The van der Waals surface area contributed by atoms with E-state index in [1.54, 1.807) is 0 Å². The van der Waals surface area contributed by atoms with Crippen LogP contribution in [0.4, 0.5) is 0 Å². The summed E-state index contributed by atoms with van der Waals surface area (Å²) in [5.74, 6) is 0. The quantitative estimate of drug-likeness (QED) is 0.849. The highest BCUT2D eigenvalue weighted by Gasteiger charge is 2.43. The molecule has 0 saturated heterocycles. The fraction of sp³-hybridized carbons (Fsp3) is 0.368. The van der Waals surface area contributed by atoms with Crippen LogP contribution in [0.25, 0.3) is 11.1 Å². The van der Waals surface area contributed by atoms with Crippen molar-refractivity contribution in [1.82, 2.24) is 9.80 Å². The first-order valence-electron chi connectivity index (χ1n) is 7.53. The lowest BCUT2D eigenvalue weighted by atomic mass is 9.77. The lowest BCUT2D eigenvalue weighted by Gasteiger charge is -2.37. The molecule has 2 aromatic carbocycles. The zero-order valence-electron chi connectivity index (χ0n) is 13.4. The van der Waals surface area contributed by atoms with E-state index in [4.69, 9.17) is 0 Å². The number of rotatable bonds is 4. The fourth-order valence-corrected chi connectivity index (χ4v) is 3.89. The Labute approximate surface area is 128 Å². The highest BCUT2D eigenvalue weighted by molar-refractivity contribution is 5.81. The number of likely N-dealkylation sites (N-methyl/N-ethyl adjacent to an activating group) is 2. The lowest BCUT2D eigenvalue weighted by Crippen LogP contribution is -2.44. The van der Waals surface area contributed by atoms with Crippen LogP contribution < -0.4 is 0 Å². The summed E-state index contributed by atoms with van der Waals surface area (Å²) in [5, 5.41) is 0. The van der Waals surface area contributed by atoms with Crippen molar-refractivity contribution in [2.75, 3.05) is 41.3 Å². The van der Waals surface area contributed by atoms with Gasteiger partial charge in [0.1, 0.15) is 0 Å². The molecule has 0 aliphatic heterocycles. The zero-order valence-corrected chi connectivity index (χ0v) is 13.4. The van der Waals surface area contributed by atoms with Crippen molar-refractivity contribution in [3.63, 3.8) is 0 Å². The minimum atomic E-state index is 0.0557. The number of nitrogens with zero attached hydrogens (tertiary/aromatic N) is 2. The Balaban J connectivity index is 2.26. The molecule has 0 bridgehead atoms. The van der Waals surface area contributed by atoms with Crippen LogP contribution in [0.15, 0.2) is 48.5 Å². The second kappa shape index (κ2) is 5.28. The number of benzene rings is 2. The van der Waals surface area contributed by atoms with Gasteiger partial charge in [-0.25, -0.2) is 0 Å². The van der Waals surface area contributed by atoms with Gasteiger partial charge in [0.2, 0.25) is 0 Å². The van der Waals surface area contributed by atoms with Crippen LogP contribution in [0.3, 0.4) is 0 Å². The second-order valence-corrected chi connectivity index (χ2v) is 6.65. The molecule has 0 heterocycles. The van der Waals surface area contributed by atoms with E-state index in [0.29, 0.717) is 0 Å². The number of fused-ring (bicyclic) bond motifs is 3. The Kier molecular flexibility index (Phi) is 3.60. The third-order valence-electron chi connectivity index (χ3n) is 4.35. The largest absolute Gasteiger partial charge is 0.308 e. The van der Waals surface area contributed by atoms with Crippen LogP contribution in [0, 0.1) is 0 Å². The molecule has 0 fully saturated rings. The van der Waals surface area contributed by atoms with Crippen molar-refractivity contribution in [2.45, 2.75) is 5.41 Å². The van der Waals surface area contributed by atoms with E-state index in [1.807, 2.05) is 0 Å². The maximum Gasteiger partial charge on any atom is 0.0468 e. The first-order valence-corrected chi connectivity index (χ1v) is 7.53. The molecule has 110 valence electrons. The Bertz CT molecular complexity index is 586. The lowest BCUT2D eigenvalue weighted by molar-refractivity contribution is 0.254. The molecule has 0 spiro atoms. The summed E-state index contributed by atoms with van der Waals surface area (Å²) < 4.78 is 0. The van der Waals surface area contributed by atoms with E-state index in [-0.39, 0.29) is 5.41 Å². The van der Waals surface area contributed by atoms with Crippen molar-refractivity contribution < 1.29 is 0 Å². The van der Waals surface area contributed by atoms with Crippen LogP contribution in [-0.4, -0.2) is 51.1 Å². The molecule has 3 rings (SSSR count). The Morgan fingerprint density at radius 1 is 0.667 bits per heavy atom. The summed E-state index contributed by atoms with van der Waals surface area (Å²) >= 11 is 0. The average molecular weight is 280 g/mol. The molecule has 2 aromatic rings. The summed E-state index contributed by atoms with van der Waals surface area (Å²) in [6, 6.07) is 17.8. The summed E-state index contributed by atoms with van der Waals surface area (Å²) in [6.45, 7) is 2.05. The Morgan fingerprint density at radius 2 is 1.05 bits per heavy atom. The van der Waals surface area contributed by atoms with Gasteiger partial charge < -0.3 is 9.80 Å². The highest BCUT2D eigenvalue weighted by Crippen LogP contribution is 2.49. The monoisotopic (exact) mass is 280 g/mol. The molecule has 0 amide bonds. The van der Waals surface area contributed by atoms with Gasteiger partial charge in [-0.1, -0.05) is 48.5 Å². The molecule has 2 nitrogen and oxygen atoms in total. The number of hydrogen-bond acceptors (Lipinski definition) is 2. The molecular weight excluding hydrogens is 256 g/mol. The van der Waals surface area contributed by atoms with Gasteiger partial charge in [0.25, 0.3) is 0 Å². The highest BCUT2D eigenvalue weighted by atomic mass is 15.1. The fourth-order valence-electron chi connectivity index (χ4n) is 3.89. The summed E-state index contributed by atoms with van der Waals surface area (Å²) in [6.07, 6.45) is 0. The predicted molar refractivity (Wildman–Crippen MR) is 89.8 cm³/mol. The minimum Gasteiger partial charge on any atom is -0.308 e. The van der Waals surface area contributed by atoms with E-state index >= 15 is 0 Å². The molecule has 21 heavy (non-hydrogen) atoms. The van der Waals surface area contributed by atoms with Crippen LogP contribution >= 0.6 is 0 Å². The summed E-state index contributed by atoms with van der Waals surface area (Å²) in [4.78, 5) is 4.62. The Morgan fingerprint density at radius 3 is 1.43 bits per heavy atom. The van der Waals surface area contributed by atoms with Gasteiger partial charge in [0.05, 0.1) is 0 Å². The predicted octanol–water partition coefficient (Wildman–Crippen LogP) is 3.08. The van der Waals surface area contributed by atoms with Crippen molar-refractivity contribution in [3.8, 4) is 11.1 Å². The third kappa shape index (κ3) is 2.29. The molecule has 0 aromatic heterocycles. The smallest absolute Gasteiger partial charge is 0.0468 e. The minimum absolute atomic E-state index is 0.0557. The van der Waals surface area contributed by atoms with E-state index < -0.39 is 0 Å². The molecule has 0 radical (unpaired) electrons. The average Bonchev–Trinajstić information content (AvgIpc) is 2.70. The molecular formula is C19H24N2. The molecule has 2 heteroatoms. The SMILES string of the molecule is CN(C)CC1(CN(C)C)c2ccccc2-c2ccccc21. The van der Waals surface area contributed by atoms with Crippen molar-refractivity contribution >= 4 is 0 Å². The van der Waals surface area contributed by atoms with Crippen LogP contribution in [0.1, 0.15) is 11.1 Å². The van der Waals surface area contributed by atoms with Gasteiger partial charge in [-0.05, 0) is 50.4 Å². The van der Waals surface area contributed by atoms with Crippen LogP contribution in [-0.2, 0) is 5.41 Å². The maximum atomic E-state index is 2.31. The van der Waals surface area contributed by atoms with Crippen molar-refractivity contribution in [2.24, 2.45) is 0 Å². The first-order chi connectivity index (χ1) is 10.0. The number of hydrogen-bond donors (Lipinski definition) is 0. The second-order valence-electron chi connectivity index (χ2n) is 6.65. The molecule has 0 atom stereocenters. The van der Waals surface area contributed by atoms with Gasteiger partial charge in [0.15, 0.2) is 0 Å².